The summed E-state index contributed by atoms with van der Waals surface area (Å²) in [5, 5.41) is 2.99. The van der Waals surface area contributed by atoms with Crippen LogP contribution >= 0.6 is 0 Å². The molecule has 0 bridgehead atoms. The van der Waals surface area contributed by atoms with Crippen molar-refractivity contribution in [3.05, 3.63) is 53.6 Å². The van der Waals surface area contributed by atoms with E-state index in [0.29, 0.717) is 26.3 Å². The van der Waals surface area contributed by atoms with E-state index in [1.54, 1.807) is 7.11 Å². The van der Waals surface area contributed by atoms with Crippen molar-refractivity contribution in [2.75, 3.05) is 44.0 Å². The molecule has 0 fully saturated rings. The van der Waals surface area contributed by atoms with Crippen LogP contribution in [0.25, 0.3) is 0 Å². The van der Waals surface area contributed by atoms with Crippen LogP contribution in [-0.2, 0) is 22.5 Å². The number of hydrogen-bond donors (Lipinski definition) is 2. The molecule has 0 atom stereocenters. The van der Waals surface area contributed by atoms with E-state index in [2.05, 4.69) is 10.2 Å². The second kappa shape index (κ2) is 9.28. The van der Waals surface area contributed by atoms with Crippen LogP contribution in [0.4, 0.5) is 11.4 Å². The van der Waals surface area contributed by atoms with Gasteiger partial charge in [0.05, 0.1) is 13.2 Å². The van der Waals surface area contributed by atoms with Crippen molar-refractivity contribution in [3.8, 4) is 5.75 Å². The Hall–Kier alpha value is -2.73. The molecule has 1 aliphatic heterocycles. The fraction of sp³-hybridized carbons (Fsp3) is 0.381. The number of amides is 1. The quantitative estimate of drug-likeness (QED) is 0.552. The number of carbonyl (C=O) groups excluding carboxylic acids is 1. The largest absolute Gasteiger partial charge is 0.491 e. The van der Waals surface area contributed by atoms with E-state index in [-0.39, 0.29) is 5.91 Å². The molecule has 1 heterocycles. The summed E-state index contributed by atoms with van der Waals surface area (Å²) in [5.74, 6) is 0.773. The molecular formula is C21H27N3O3. The number of nitrogens with zero attached hydrogens (tertiary/aromatic N) is 1. The average Bonchev–Trinajstić information content (AvgIpc) is 2.68. The lowest BCUT2D eigenvalue weighted by molar-refractivity contribution is -0.119. The first-order valence-corrected chi connectivity index (χ1v) is 9.27. The Morgan fingerprint density at radius 1 is 1.22 bits per heavy atom. The van der Waals surface area contributed by atoms with E-state index in [0.717, 1.165) is 47.6 Å². The zero-order chi connectivity index (χ0) is 19.1. The average molecular weight is 369 g/mol. The summed E-state index contributed by atoms with van der Waals surface area (Å²) < 4.78 is 10.6. The Labute approximate surface area is 160 Å². The summed E-state index contributed by atoms with van der Waals surface area (Å²) in [4.78, 5) is 14.5. The minimum Gasteiger partial charge on any atom is -0.491 e. The number of rotatable bonds is 8. The molecule has 0 radical (unpaired) electrons. The molecule has 6 nitrogen and oxygen atoms in total. The maximum Gasteiger partial charge on any atom is 0.239 e. The van der Waals surface area contributed by atoms with Gasteiger partial charge in [-0.25, -0.2) is 0 Å². The molecule has 2 aromatic rings. The van der Waals surface area contributed by atoms with Crippen LogP contribution in [0.1, 0.15) is 17.5 Å². The lowest BCUT2D eigenvalue weighted by atomic mass is 10.00. The number of fused-ring (bicyclic) bond motifs is 1. The molecule has 0 aromatic heterocycles. The second-order valence-electron chi connectivity index (χ2n) is 6.64. The van der Waals surface area contributed by atoms with E-state index < -0.39 is 0 Å². The molecule has 3 rings (SSSR count). The van der Waals surface area contributed by atoms with Gasteiger partial charge in [-0.3, -0.25) is 4.79 Å². The number of carbonyl (C=O) groups is 1. The highest BCUT2D eigenvalue weighted by atomic mass is 16.5. The summed E-state index contributed by atoms with van der Waals surface area (Å²) in [6.07, 6.45) is 1.98. The molecule has 27 heavy (non-hydrogen) atoms. The highest BCUT2D eigenvalue weighted by molar-refractivity contribution is 5.82. The van der Waals surface area contributed by atoms with E-state index >= 15 is 0 Å². The SMILES string of the molecule is COCCOc1cccc(CNC(=O)CN2CCCc3c(N)cccc32)c1. The van der Waals surface area contributed by atoms with Crippen molar-refractivity contribution in [2.24, 2.45) is 0 Å². The lowest BCUT2D eigenvalue weighted by Crippen LogP contribution is -2.39. The van der Waals surface area contributed by atoms with E-state index in [1.165, 1.54) is 0 Å². The van der Waals surface area contributed by atoms with E-state index in [4.69, 9.17) is 15.2 Å². The van der Waals surface area contributed by atoms with Gasteiger partial charge in [-0.15, -0.1) is 0 Å². The molecule has 1 amide bonds. The minimum absolute atomic E-state index is 0.00372. The van der Waals surface area contributed by atoms with Gasteiger partial charge in [0.25, 0.3) is 0 Å². The summed E-state index contributed by atoms with van der Waals surface area (Å²) in [6.45, 7) is 2.72. The van der Waals surface area contributed by atoms with Gasteiger partial charge < -0.3 is 25.4 Å². The molecule has 0 unspecified atom stereocenters. The fourth-order valence-electron chi connectivity index (χ4n) is 3.31. The van der Waals surface area contributed by atoms with Gasteiger partial charge in [0.15, 0.2) is 0 Å². The summed E-state index contributed by atoms with van der Waals surface area (Å²) >= 11 is 0. The number of nitrogen functional groups attached to an aromatic ring is 1. The number of benzene rings is 2. The van der Waals surface area contributed by atoms with Gasteiger partial charge in [0, 0.05) is 31.6 Å². The second-order valence-corrected chi connectivity index (χ2v) is 6.64. The van der Waals surface area contributed by atoms with Crippen molar-refractivity contribution in [1.82, 2.24) is 5.32 Å². The monoisotopic (exact) mass is 369 g/mol. The first-order chi connectivity index (χ1) is 13.2. The highest BCUT2D eigenvalue weighted by Gasteiger charge is 2.20. The number of anilines is 2. The maximum atomic E-state index is 12.4. The third-order valence-corrected chi connectivity index (χ3v) is 4.66. The molecule has 0 aliphatic carbocycles. The van der Waals surface area contributed by atoms with Crippen LogP contribution in [0, 0.1) is 0 Å². The molecule has 3 N–H and O–H groups in total. The van der Waals surface area contributed by atoms with Crippen molar-refractivity contribution in [2.45, 2.75) is 19.4 Å². The van der Waals surface area contributed by atoms with Crippen LogP contribution in [0.15, 0.2) is 42.5 Å². The van der Waals surface area contributed by atoms with E-state index in [9.17, 15) is 4.79 Å². The first-order valence-electron chi connectivity index (χ1n) is 9.27. The highest BCUT2D eigenvalue weighted by Crippen LogP contribution is 2.30. The molecule has 1 aliphatic rings. The van der Waals surface area contributed by atoms with Crippen molar-refractivity contribution >= 4 is 17.3 Å². The topological polar surface area (TPSA) is 76.8 Å². The molecule has 6 heteroatoms. The Kier molecular flexibility index (Phi) is 6.54. The summed E-state index contributed by atoms with van der Waals surface area (Å²) in [7, 11) is 1.64. The number of nitrogens with one attached hydrogen (secondary N) is 1. The smallest absolute Gasteiger partial charge is 0.239 e. The van der Waals surface area contributed by atoms with Crippen molar-refractivity contribution in [1.29, 1.82) is 0 Å². The zero-order valence-electron chi connectivity index (χ0n) is 15.7. The number of nitrogens with two attached hydrogens (primary N) is 1. The van der Waals surface area contributed by atoms with Gasteiger partial charge in [0.2, 0.25) is 5.91 Å². The van der Waals surface area contributed by atoms with Gasteiger partial charge in [-0.1, -0.05) is 18.2 Å². The standard InChI is InChI=1S/C21H27N3O3/c1-26-11-12-27-17-6-2-5-16(13-17)14-23-21(25)15-24-10-4-7-18-19(22)8-3-9-20(18)24/h2-3,5-6,8-9,13H,4,7,10-12,14-15,22H2,1H3,(H,23,25). The normalized spacial score (nSPS) is 13.1. The third kappa shape index (κ3) is 5.14. The van der Waals surface area contributed by atoms with Gasteiger partial charge in [-0.05, 0) is 48.2 Å². The van der Waals surface area contributed by atoms with E-state index in [1.807, 2.05) is 42.5 Å². The summed E-state index contributed by atoms with van der Waals surface area (Å²) in [5.41, 5.74) is 10.1. The van der Waals surface area contributed by atoms with Crippen LogP contribution in [-0.4, -0.2) is 39.3 Å². The minimum atomic E-state index is -0.00372. The van der Waals surface area contributed by atoms with Crippen LogP contribution in [0.5, 0.6) is 5.75 Å². The van der Waals surface area contributed by atoms with Crippen molar-refractivity contribution in [3.63, 3.8) is 0 Å². The van der Waals surface area contributed by atoms with Crippen LogP contribution < -0.4 is 20.7 Å². The van der Waals surface area contributed by atoms with Gasteiger partial charge in [0.1, 0.15) is 12.4 Å². The zero-order valence-corrected chi connectivity index (χ0v) is 15.7. The lowest BCUT2D eigenvalue weighted by Gasteiger charge is -2.31. The number of methoxy groups -OCH3 is 1. The molecule has 2 aromatic carbocycles. The molecule has 0 saturated heterocycles. The Morgan fingerprint density at radius 3 is 2.93 bits per heavy atom. The Balaban J connectivity index is 1.54. The molecule has 144 valence electrons. The third-order valence-electron chi connectivity index (χ3n) is 4.66. The fourth-order valence-corrected chi connectivity index (χ4v) is 3.31. The van der Waals surface area contributed by atoms with Crippen LogP contribution in [0.2, 0.25) is 0 Å². The van der Waals surface area contributed by atoms with Gasteiger partial charge >= 0.3 is 0 Å². The first kappa shape index (κ1) is 19.0. The number of ether oxygens (including phenoxy) is 2. The predicted molar refractivity (Wildman–Crippen MR) is 107 cm³/mol. The summed E-state index contributed by atoms with van der Waals surface area (Å²) in [6, 6.07) is 13.6. The maximum absolute atomic E-state index is 12.4. The Morgan fingerprint density at radius 2 is 2.07 bits per heavy atom. The van der Waals surface area contributed by atoms with Gasteiger partial charge in [-0.2, -0.15) is 0 Å². The molecule has 0 spiro atoms. The van der Waals surface area contributed by atoms with Crippen LogP contribution in [0.3, 0.4) is 0 Å². The molecule has 0 saturated carbocycles. The number of hydrogen-bond acceptors (Lipinski definition) is 5. The molecular weight excluding hydrogens is 342 g/mol. The van der Waals surface area contributed by atoms with Crippen molar-refractivity contribution < 1.29 is 14.3 Å². The predicted octanol–water partition coefficient (Wildman–Crippen LogP) is 2.36. The Bertz CT molecular complexity index is 779.